The van der Waals surface area contributed by atoms with Gasteiger partial charge in [-0.2, -0.15) is 0 Å². The Morgan fingerprint density at radius 3 is 2.06 bits per heavy atom. The smallest absolute Gasteiger partial charge is 0.00205 e. The minimum absolute atomic E-state index is 0.530. The SMILES string of the molecule is CC(C)(C)C1CCC(CNCCCC2CC2)CC1. The predicted molar refractivity (Wildman–Crippen MR) is 79.7 cm³/mol. The second kappa shape index (κ2) is 6.41. The molecule has 0 aromatic carbocycles. The summed E-state index contributed by atoms with van der Waals surface area (Å²) in [5.74, 6) is 3.03. The summed E-state index contributed by atoms with van der Waals surface area (Å²) in [7, 11) is 0. The molecule has 0 saturated heterocycles. The molecule has 0 spiro atoms. The quantitative estimate of drug-likeness (QED) is 0.679. The molecule has 1 N–H and O–H groups in total. The van der Waals surface area contributed by atoms with E-state index in [0.717, 1.165) is 17.8 Å². The molecule has 0 unspecified atom stereocenters. The van der Waals surface area contributed by atoms with Crippen molar-refractivity contribution >= 4 is 0 Å². The second-order valence-corrected chi connectivity index (χ2v) is 7.87. The van der Waals surface area contributed by atoms with Gasteiger partial charge in [0.1, 0.15) is 0 Å². The van der Waals surface area contributed by atoms with E-state index in [1.165, 1.54) is 64.5 Å². The molecule has 18 heavy (non-hydrogen) atoms. The van der Waals surface area contributed by atoms with Gasteiger partial charge in [0.2, 0.25) is 0 Å². The summed E-state index contributed by atoms with van der Waals surface area (Å²) in [6, 6.07) is 0. The molecular formula is C17H33N. The zero-order valence-corrected chi connectivity index (χ0v) is 12.8. The van der Waals surface area contributed by atoms with Crippen molar-refractivity contribution in [2.45, 2.75) is 72.1 Å². The van der Waals surface area contributed by atoms with Crippen molar-refractivity contribution in [1.82, 2.24) is 5.32 Å². The standard InChI is InChI=1S/C17H33N/c1-17(2,3)16-10-8-15(9-11-16)13-18-12-4-5-14-6-7-14/h14-16,18H,4-13H2,1-3H3. The second-order valence-electron chi connectivity index (χ2n) is 7.87. The molecule has 2 rings (SSSR count). The number of hydrogen-bond acceptors (Lipinski definition) is 1. The summed E-state index contributed by atoms with van der Waals surface area (Å²) < 4.78 is 0. The summed E-state index contributed by atoms with van der Waals surface area (Å²) >= 11 is 0. The van der Waals surface area contributed by atoms with E-state index in [1.807, 2.05) is 0 Å². The number of nitrogens with one attached hydrogen (secondary N) is 1. The third-order valence-electron chi connectivity index (χ3n) is 5.17. The minimum Gasteiger partial charge on any atom is -0.316 e. The van der Waals surface area contributed by atoms with Crippen LogP contribution in [0.2, 0.25) is 0 Å². The van der Waals surface area contributed by atoms with Crippen molar-refractivity contribution in [2.24, 2.45) is 23.2 Å². The van der Waals surface area contributed by atoms with Gasteiger partial charge in [0.05, 0.1) is 0 Å². The Bertz CT molecular complexity index is 228. The average Bonchev–Trinajstić information content (AvgIpc) is 3.12. The zero-order valence-electron chi connectivity index (χ0n) is 12.8. The molecule has 0 atom stereocenters. The van der Waals surface area contributed by atoms with Crippen molar-refractivity contribution in [3.8, 4) is 0 Å². The van der Waals surface area contributed by atoms with Crippen molar-refractivity contribution in [3.05, 3.63) is 0 Å². The van der Waals surface area contributed by atoms with Crippen LogP contribution in [-0.4, -0.2) is 13.1 Å². The van der Waals surface area contributed by atoms with Crippen LogP contribution in [0.1, 0.15) is 72.1 Å². The van der Waals surface area contributed by atoms with Crippen molar-refractivity contribution in [1.29, 1.82) is 0 Å². The fourth-order valence-electron chi connectivity index (χ4n) is 3.46. The molecule has 1 nitrogen and oxygen atoms in total. The topological polar surface area (TPSA) is 12.0 Å². The van der Waals surface area contributed by atoms with E-state index in [1.54, 1.807) is 0 Å². The van der Waals surface area contributed by atoms with E-state index < -0.39 is 0 Å². The van der Waals surface area contributed by atoms with E-state index in [9.17, 15) is 0 Å². The van der Waals surface area contributed by atoms with Gasteiger partial charge in [-0.3, -0.25) is 0 Å². The Balaban J connectivity index is 1.50. The fraction of sp³-hybridized carbons (Fsp3) is 1.00. The highest BCUT2D eigenvalue weighted by molar-refractivity contribution is 4.81. The third-order valence-corrected chi connectivity index (χ3v) is 5.17. The Kier molecular flexibility index (Phi) is 5.12. The van der Waals surface area contributed by atoms with Gasteiger partial charge in [0, 0.05) is 0 Å². The van der Waals surface area contributed by atoms with Gasteiger partial charge in [-0.25, -0.2) is 0 Å². The maximum Gasteiger partial charge on any atom is -0.00205 e. The summed E-state index contributed by atoms with van der Waals surface area (Å²) in [5, 5.41) is 3.69. The van der Waals surface area contributed by atoms with E-state index in [2.05, 4.69) is 26.1 Å². The van der Waals surface area contributed by atoms with Crippen LogP contribution in [0.15, 0.2) is 0 Å². The third kappa shape index (κ3) is 4.91. The molecule has 106 valence electrons. The Morgan fingerprint density at radius 1 is 0.889 bits per heavy atom. The summed E-state index contributed by atoms with van der Waals surface area (Å²) in [6.45, 7) is 9.77. The lowest BCUT2D eigenvalue weighted by molar-refractivity contribution is 0.149. The van der Waals surface area contributed by atoms with Crippen LogP contribution >= 0.6 is 0 Å². The van der Waals surface area contributed by atoms with E-state index >= 15 is 0 Å². The Hall–Kier alpha value is -0.0400. The van der Waals surface area contributed by atoms with Crippen LogP contribution in [0.4, 0.5) is 0 Å². The van der Waals surface area contributed by atoms with Gasteiger partial charge < -0.3 is 5.32 Å². The number of rotatable bonds is 6. The minimum atomic E-state index is 0.530. The molecule has 0 radical (unpaired) electrons. The fourth-order valence-corrected chi connectivity index (χ4v) is 3.46. The highest BCUT2D eigenvalue weighted by Gasteiger charge is 2.29. The van der Waals surface area contributed by atoms with Crippen LogP contribution < -0.4 is 5.32 Å². The van der Waals surface area contributed by atoms with Crippen LogP contribution in [0, 0.1) is 23.2 Å². The average molecular weight is 251 g/mol. The first kappa shape index (κ1) is 14.4. The normalized spacial score (nSPS) is 29.5. The first-order chi connectivity index (χ1) is 8.55. The molecule has 2 fully saturated rings. The molecule has 0 heterocycles. The van der Waals surface area contributed by atoms with Gasteiger partial charge in [0.15, 0.2) is 0 Å². The largest absolute Gasteiger partial charge is 0.316 e. The lowest BCUT2D eigenvalue weighted by atomic mass is 9.70. The first-order valence-corrected chi connectivity index (χ1v) is 8.26. The summed E-state index contributed by atoms with van der Waals surface area (Å²) in [5.41, 5.74) is 0.530. The molecule has 2 aliphatic carbocycles. The van der Waals surface area contributed by atoms with Gasteiger partial charge in [-0.1, -0.05) is 33.6 Å². The lowest BCUT2D eigenvalue weighted by Gasteiger charge is -2.37. The van der Waals surface area contributed by atoms with Crippen LogP contribution in [0.5, 0.6) is 0 Å². The molecular weight excluding hydrogens is 218 g/mol. The van der Waals surface area contributed by atoms with Crippen LogP contribution in [-0.2, 0) is 0 Å². The first-order valence-electron chi connectivity index (χ1n) is 8.26. The molecule has 0 aromatic rings. The molecule has 0 bridgehead atoms. The molecule has 1 heteroatoms. The maximum atomic E-state index is 3.69. The highest BCUT2D eigenvalue weighted by Crippen LogP contribution is 2.39. The highest BCUT2D eigenvalue weighted by atomic mass is 14.9. The van der Waals surface area contributed by atoms with Gasteiger partial charge in [-0.15, -0.1) is 0 Å². The number of hydrogen-bond donors (Lipinski definition) is 1. The van der Waals surface area contributed by atoms with Crippen molar-refractivity contribution < 1.29 is 0 Å². The Labute approximate surface area is 114 Å². The van der Waals surface area contributed by atoms with Crippen LogP contribution in [0.25, 0.3) is 0 Å². The van der Waals surface area contributed by atoms with Gasteiger partial charge in [0.25, 0.3) is 0 Å². The monoisotopic (exact) mass is 251 g/mol. The van der Waals surface area contributed by atoms with E-state index in [-0.39, 0.29) is 0 Å². The Morgan fingerprint density at radius 2 is 1.50 bits per heavy atom. The molecule has 2 aliphatic rings. The lowest BCUT2D eigenvalue weighted by Crippen LogP contribution is -2.31. The molecule has 0 amide bonds. The zero-order chi connectivity index (χ0) is 13.0. The summed E-state index contributed by atoms with van der Waals surface area (Å²) in [6.07, 6.45) is 11.7. The van der Waals surface area contributed by atoms with Gasteiger partial charge in [-0.05, 0) is 74.8 Å². The summed E-state index contributed by atoms with van der Waals surface area (Å²) in [4.78, 5) is 0. The van der Waals surface area contributed by atoms with Crippen molar-refractivity contribution in [3.63, 3.8) is 0 Å². The van der Waals surface area contributed by atoms with Crippen LogP contribution in [0.3, 0.4) is 0 Å². The van der Waals surface area contributed by atoms with Gasteiger partial charge >= 0.3 is 0 Å². The molecule has 0 aliphatic heterocycles. The molecule has 0 aromatic heterocycles. The van der Waals surface area contributed by atoms with E-state index in [0.29, 0.717) is 5.41 Å². The predicted octanol–water partition coefficient (Wildman–Crippen LogP) is 4.62. The van der Waals surface area contributed by atoms with Crippen molar-refractivity contribution in [2.75, 3.05) is 13.1 Å². The maximum absolute atomic E-state index is 3.69. The molecule has 2 saturated carbocycles. The van der Waals surface area contributed by atoms with E-state index in [4.69, 9.17) is 0 Å².